The zero-order valence-corrected chi connectivity index (χ0v) is 14.7. The van der Waals surface area contributed by atoms with Gasteiger partial charge in [-0.2, -0.15) is 0 Å². The van der Waals surface area contributed by atoms with Crippen molar-refractivity contribution in [2.24, 2.45) is 11.7 Å². The van der Waals surface area contributed by atoms with E-state index in [0.29, 0.717) is 6.54 Å². The maximum absolute atomic E-state index is 12.6. The van der Waals surface area contributed by atoms with Gasteiger partial charge in [0.25, 0.3) is 0 Å². The second-order valence-corrected chi connectivity index (χ2v) is 7.17. The van der Waals surface area contributed by atoms with Crippen molar-refractivity contribution in [3.8, 4) is 0 Å². The Kier molecular flexibility index (Phi) is 6.24. The first-order valence-corrected chi connectivity index (χ1v) is 9.34. The number of hydrogen-bond donors (Lipinski definition) is 2. The van der Waals surface area contributed by atoms with Gasteiger partial charge in [0.15, 0.2) is 0 Å². The van der Waals surface area contributed by atoms with Gasteiger partial charge in [0.2, 0.25) is 5.91 Å². The molecule has 1 fully saturated rings. The van der Waals surface area contributed by atoms with Crippen LogP contribution in [0.3, 0.4) is 0 Å². The normalized spacial score (nSPS) is 21.5. The van der Waals surface area contributed by atoms with Crippen LogP contribution < -0.4 is 11.1 Å². The van der Waals surface area contributed by atoms with Crippen LogP contribution >= 0.6 is 0 Å². The van der Waals surface area contributed by atoms with Crippen molar-refractivity contribution >= 4 is 5.91 Å². The highest BCUT2D eigenvalue weighted by molar-refractivity contribution is 5.78. The summed E-state index contributed by atoms with van der Waals surface area (Å²) in [6, 6.07) is 21.1. The van der Waals surface area contributed by atoms with Crippen LogP contribution in [0.5, 0.6) is 0 Å². The minimum absolute atomic E-state index is 0.0805. The van der Waals surface area contributed by atoms with E-state index in [2.05, 4.69) is 53.8 Å². The summed E-state index contributed by atoms with van der Waals surface area (Å²) in [4.78, 5) is 12.6. The monoisotopic (exact) mass is 336 g/mol. The van der Waals surface area contributed by atoms with E-state index in [0.717, 1.165) is 32.1 Å². The van der Waals surface area contributed by atoms with Gasteiger partial charge in [-0.3, -0.25) is 4.79 Å². The number of benzene rings is 2. The molecule has 2 aromatic carbocycles. The third kappa shape index (κ3) is 5.17. The predicted molar refractivity (Wildman–Crippen MR) is 102 cm³/mol. The number of rotatable bonds is 6. The van der Waals surface area contributed by atoms with E-state index in [1.54, 1.807) is 0 Å². The predicted octanol–water partition coefficient (Wildman–Crippen LogP) is 3.65. The molecule has 132 valence electrons. The lowest BCUT2D eigenvalue weighted by molar-refractivity contribution is -0.126. The molecule has 1 aliphatic carbocycles. The van der Waals surface area contributed by atoms with Gasteiger partial charge in [-0.05, 0) is 36.8 Å². The molecule has 2 aromatic rings. The fraction of sp³-hybridized carbons (Fsp3) is 0.409. The number of hydrogen-bond acceptors (Lipinski definition) is 2. The molecule has 3 atom stereocenters. The quantitative estimate of drug-likeness (QED) is 0.846. The maximum Gasteiger partial charge on any atom is 0.223 e. The maximum atomic E-state index is 12.6. The van der Waals surface area contributed by atoms with E-state index in [9.17, 15) is 4.79 Å². The van der Waals surface area contributed by atoms with Gasteiger partial charge in [-0.1, -0.05) is 67.1 Å². The number of amides is 1. The molecule has 3 heteroatoms. The van der Waals surface area contributed by atoms with Crippen molar-refractivity contribution in [2.45, 2.75) is 44.1 Å². The van der Waals surface area contributed by atoms with Crippen LogP contribution in [0.1, 0.15) is 42.7 Å². The first kappa shape index (κ1) is 17.7. The molecule has 1 amide bonds. The topological polar surface area (TPSA) is 55.1 Å². The first-order chi connectivity index (χ1) is 12.2. The summed E-state index contributed by atoms with van der Waals surface area (Å²) in [6.45, 7) is 0.670. The van der Waals surface area contributed by atoms with Crippen molar-refractivity contribution in [2.75, 3.05) is 6.54 Å². The van der Waals surface area contributed by atoms with Crippen molar-refractivity contribution in [1.29, 1.82) is 0 Å². The van der Waals surface area contributed by atoms with Gasteiger partial charge in [0.1, 0.15) is 0 Å². The van der Waals surface area contributed by atoms with E-state index in [1.807, 2.05) is 12.1 Å². The number of carbonyl (C=O) groups excluding carboxylic acids is 1. The third-order valence-corrected chi connectivity index (χ3v) is 5.20. The molecule has 3 unspecified atom stereocenters. The number of nitrogens with one attached hydrogen (secondary N) is 1. The van der Waals surface area contributed by atoms with Gasteiger partial charge in [-0.15, -0.1) is 0 Å². The first-order valence-electron chi connectivity index (χ1n) is 9.34. The van der Waals surface area contributed by atoms with Crippen LogP contribution in [0.15, 0.2) is 60.7 Å². The Morgan fingerprint density at radius 3 is 2.40 bits per heavy atom. The molecule has 0 radical (unpaired) electrons. The lowest BCUT2D eigenvalue weighted by Gasteiger charge is -2.27. The fourth-order valence-electron chi connectivity index (χ4n) is 3.77. The van der Waals surface area contributed by atoms with Crippen LogP contribution in [-0.2, 0) is 11.2 Å². The summed E-state index contributed by atoms with van der Waals surface area (Å²) in [7, 11) is 0. The third-order valence-electron chi connectivity index (χ3n) is 5.20. The summed E-state index contributed by atoms with van der Waals surface area (Å²) in [5, 5.41) is 3.20. The lowest BCUT2D eigenvalue weighted by Crippen LogP contribution is -2.39. The summed E-state index contributed by atoms with van der Waals surface area (Å²) >= 11 is 0. The summed E-state index contributed by atoms with van der Waals surface area (Å²) < 4.78 is 0. The SMILES string of the molecule is NC1CCCC(C(=O)NCC(Cc2ccccc2)c2ccccc2)C1. The molecule has 0 bridgehead atoms. The Hall–Kier alpha value is -2.13. The number of nitrogens with two attached hydrogens (primary N) is 1. The molecule has 25 heavy (non-hydrogen) atoms. The van der Waals surface area contributed by atoms with Gasteiger partial charge in [0, 0.05) is 24.4 Å². The van der Waals surface area contributed by atoms with Crippen LogP contribution in [0, 0.1) is 5.92 Å². The molecule has 3 rings (SSSR count). The largest absolute Gasteiger partial charge is 0.355 e. The van der Waals surface area contributed by atoms with E-state index < -0.39 is 0 Å². The van der Waals surface area contributed by atoms with Gasteiger partial charge in [-0.25, -0.2) is 0 Å². The molecule has 0 heterocycles. The minimum Gasteiger partial charge on any atom is -0.355 e. The molecular weight excluding hydrogens is 308 g/mol. The van der Waals surface area contributed by atoms with E-state index in [-0.39, 0.29) is 23.8 Å². The van der Waals surface area contributed by atoms with Crippen molar-refractivity contribution in [1.82, 2.24) is 5.32 Å². The molecule has 1 aliphatic rings. The molecule has 3 nitrogen and oxygen atoms in total. The Balaban J connectivity index is 1.64. The lowest BCUT2D eigenvalue weighted by atomic mass is 9.85. The molecule has 0 aromatic heterocycles. The molecule has 1 saturated carbocycles. The minimum atomic E-state index is 0.0805. The molecule has 0 aliphatic heterocycles. The highest BCUT2D eigenvalue weighted by Crippen LogP contribution is 2.24. The average molecular weight is 336 g/mol. The van der Waals surface area contributed by atoms with Crippen molar-refractivity contribution in [3.63, 3.8) is 0 Å². The smallest absolute Gasteiger partial charge is 0.223 e. The number of carbonyl (C=O) groups is 1. The Bertz CT molecular complexity index is 656. The van der Waals surface area contributed by atoms with Crippen LogP contribution in [-0.4, -0.2) is 18.5 Å². The summed E-state index contributed by atoms with van der Waals surface area (Å²) in [5.74, 6) is 0.533. The van der Waals surface area contributed by atoms with Gasteiger partial charge < -0.3 is 11.1 Å². The van der Waals surface area contributed by atoms with E-state index in [4.69, 9.17) is 5.73 Å². The highest BCUT2D eigenvalue weighted by Gasteiger charge is 2.25. The second kappa shape index (κ2) is 8.82. The zero-order chi connectivity index (χ0) is 17.5. The molecule has 0 saturated heterocycles. The molecular formula is C22H28N2O. The van der Waals surface area contributed by atoms with E-state index in [1.165, 1.54) is 11.1 Å². The average Bonchev–Trinajstić information content (AvgIpc) is 2.66. The Morgan fingerprint density at radius 2 is 1.72 bits per heavy atom. The highest BCUT2D eigenvalue weighted by atomic mass is 16.1. The fourth-order valence-corrected chi connectivity index (χ4v) is 3.77. The molecule has 3 N–H and O–H groups in total. The van der Waals surface area contributed by atoms with Crippen molar-refractivity contribution < 1.29 is 4.79 Å². The van der Waals surface area contributed by atoms with Gasteiger partial charge >= 0.3 is 0 Å². The van der Waals surface area contributed by atoms with Crippen LogP contribution in [0.2, 0.25) is 0 Å². The second-order valence-electron chi connectivity index (χ2n) is 7.17. The Morgan fingerprint density at radius 1 is 1.04 bits per heavy atom. The van der Waals surface area contributed by atoms with Gasteiger partial charge in [0.05, 0.1) is 0 Å². The summed E-state index contributed by atoms with van der Waals surface area (Å²) in [6.07, 6.45) is 4.82. The zero-order valence-electron chi connectivity index (χ0n) is 14.7. The van der Waals surface area contributed by atoms with Crippen LogP contribution in [0.4, 0.5) is 0 Å². The standard InChI is InChI=1S/C22H28N2O/c23-21-13-7-12-19(15-21)22(25)24-16-20(18-10-5-2-6-11-18)14-17-8-3-1-4-9-17/h1-6,8-11,19-21H,7,12-16,23H2,(H,24,25). The van der Waals surface area contributed by atoms with E-state index >= 15 is 0 Å². The Labute approximate surface area is 150 Å². The summed E-state index contributed by atoms with van der Waals surface area (Å²) in [5.41, 5.74) is 8.60. The molecule has 0 spiro atoms. The van der Waals surface area contributed by atoms with Crippen molar-refractivity contribution in [3.05, 3.63) is 71.8 Å². The van der Waals surface area contributed by atoms with Crippen LogP contribution in [0.25, 0.3) is 0 Å².